The van der Waals surface area contributed by atoms with Gasteiger partial charge in [-0.2, -0.15) is 0 Å². The van der Waals surface area contributed by atoms with E-state index in [1.165, 1.54) is 30.0 Å². The van der Waals surface area contributed by atoms with E-state index in [2.05, 4.69) is 0 Å². The standard InChI is InChI=1S/C18H24N2O7S/c1-12(2)9-19(15-6-7-28(25,26)11-15)17(21)10-27-18(22)14-4-5-16(20(23)24)13(3)8-14/h4-5,8,12,15H,6-7,9-11H2,1-3H3/t15-/m1/s1. The van der Waals surface area contributed by atoms with E-state index in [4.69, 9.17) is 4.74 Å². The second-order valence-corrected chi connectivity index (χ2v) is 9.56. The van der Waals surface area contributed by atoms with Crippen LogP contribution < -0.4 is 0 Å². The molecular formula is C18H24N2O7S. The summed E-state index contributed by atoms with van der Waals surface area (Å²) < 4.78 is 28.6. The summed E-state index contributed by atoms with van der Waals surface area (Å²) in [7, 11) is -3.16. The Morgan fingerprint density at radius 2 is 2.04 bits per heavy atom. The lowest BCUT2D eigenvalue weighted by Crippen LogP contribution is -2.45. The van der Waals surface area contributed by atoms with Gasteiger partial charge in [-0.25, -0.2) is 13.2 Å². The number of carbonyl (C=O) groups is 2. The minimum Gasteiger partial charge on any atom is -0.452 e. The number of rotatable bonds is 7. The van der Waals surface area contributed by atoms with E-state index in [1.54, 1.807) is 0 Å². The highest BCUT2D eigenvalue weighted by Crippen LogP contribution is 2.21. The summed E-state index contributed by atoms with van der Waals surface area (Å²) >= 11 is 0. The highest BCUT2D eigenvalue weighted by Gasteiger charge is 2.35. The molecule has 0 unspecified atom stereocenters. The molecule has 1 aliphatic rings. The molecule has 1 saturated heterocycles. The van der Waals surface area contributed by atoms with Crippen molar-refractivity contribution in [2.24, 2.45) is 5.92 Å². The van der Waals surface area contributed by atoms with E-state index in [0.29, 0.717) is 18.5 Å². The molecule has 154 valence electrons. The van der Waals surface area contributed by atoms with Crippen molar-refractivity contribution in [3.8, 4) is 0 Å². The van der Waals surface area contributed by atoms with Gasteiger partial charge in [-0.05, 0) is 31.4 Å². The van der Waals surface area contributed by atoms with Crippen LogP contribution in [0.2, 0.25) is 0 Å². The first-order chi connectivity index (χ1) is 13.0. The Morgan fingerprint density at radius 1 is 1.36 bits per heavy atom. The molecule has 28 heavy (non-hydrogen) atoms. The van der Waals surface area contributed by atoms with E-state index in [1.807, 2.05) is 13.8 Å². The SMILES string of the molecule is Cc1cc(C(=O)OCC(=O)N(CC(C)C)[C@@H]2CCS(=O)(=O)C2)ccc1[N+](=O)[O-]. The topological polar surface area (TPSA) is 124 Å². The first-order valence-electron chi connectivity index (χ1n) is 8.92. The molecular weight excluding hydrogens is 388 g/mol. The zero-order chi connectivity index (χ0) is 21.1. The molecule has 1 amide bonds. The summed E-state index contributed by atoms with van der Waals surface area (Å²) in [6.07, 6.45) is 0.371. The van der Waals surface area contributed by atoms with Gasteiger partial charge in [0.25, 0.3) is 11.6 Å². The van der Waals surface area contributed by atoms with Crippen LogP contribution in [0.4, 0.5) is 5.69 Å². The summed E-state index contributed by atoms with van der Waals surface area (Å²) in [5, 5.41) is 10.8. The van der Waals surface area contributed by atoms with Gasteiger partial charge < -0.3 is 9.64 Å². The summed E-state index contributed by atoms with van der Waals surface area (Å²) in [6, 6.07) is 3.40. The lowest BCUT2D eigenvalue weighted by atomic mass is 10.1. The second kappa shape index (κ2) is 8.68. The molecule has 0 N–H and O–H groups in total. The summed E-state index contributed by atoms with van der Waals surface area (Å²) in [5.41, 5.74) is 0.302. The number of ether oxygens (including phenoxy) is 1. The van der Waals surface area contributed by atoms with Crippen LogP contribution in [-0.2, 0) is 19.4 Å². The molecule has 1 fully saturated rings. The minimum absolute atomic E-state index is 0.0431. The largest absolute Gasteiger partial charge is 0.452 e. The average molecular weight is 412 g/mol. The summed E-state index contributed by atoms with van der Waals surface area (Å²) in [5.74, 6) is -1.14. The molecule has 0 bridgehead atoms. The number of benzene rings is 1. The molecule has 1 aromatic rings. The molecule has 9 nitrogen and oxygen atoms in total. The quantitative estimate of drug-likeness (QED) is 0.379. The van der Waals surface area contributed by atoms with E-state index in [9.17, 15) is 28.1 Å². The Bertz CT molecular complexity index is 880. The van der Waals surface area contributed by atoms with Crippen LogP contribution in [0, 0.1) is 23.0 Å². The summed E-state index contributed by atoms with van der Waals surface area (Å²) in [6.45, 7) is 5.18. The highest BCUT2D eigenvalue weighted by atomic mass is 32.2. The van der Waals surface area contributed by atoms with Crippen molar-refractivity contribution < 1.29 is 27.7 Å². The number of amides is 1. The van der Waals surface area contributed by atoms with Crippen molar-refractivity contribution in [2.75, 3.05) is 24.7 Å². The van der Waals surface area contributed by atoms with Crippen LogP contribution in [0.1, 0.15) is 36.2 Å². The van der Waals surface area contributed by atoms with Crippen LogP contribution in [0.25, 0.3) is 0 Å². The number of nitrogens with zero attached hydrogens (tertiary/aromatic N) is 2. The van der Waals surface area contributed by atoms with Gasteiger partial charge in [0.05, 0.1) is 22.0 Å². The van der Waals surface area contributed by atoms with Crippen molar-refractivity contribution in [2.45, 2.75) is 33.2 Å². The molecule has 1 heterocycles. The number of aryl methyl sites for hydroxylation is 1. The van der Waals surface area contributed by atoms with Gasteiger partial charge in [0, 0.05) is 24.2 Å². The minimum atomic E-state index is -3.16. The first kappa shape index (κ1) is 21.8. The number of sulfone groups is 1. The zero-order valence-electron chi connectivity index (χ0n) is 16.1. The predicted molar refractivity (Wildman–Crippen MR) is 102 cm³/mol. The number of hydrogen-bond donors (Lipinski definition) is 0. The Morgan fingerprint density at radius 3 is 2.54 bits per heavy atom. The van der Waals surface area contributed by atoms with Crippen molar-refractivity contribution in [1.82, 2.24) is 4.90 Å². The van der Waals surface area contributed by atoms with Crippen LogP contribution in [-0.4, -0.2) is 60.8 Å². The fourth-order valence-corrected chi connectivity index (χ4v) is 4.88. The van der Waals surface area contributed by atoms with Gasteiger partial charge in [-0.1, -0.05) is 13.8 Å². The van der Waals surface area contributed by atoms with E-state index in [-0.39, 0.29) is 28.7 Å². The molecule has 1 aliphatic heterocycles. The zero-order valence-corrected chi connectivity index (χ0v) is 16.9. The number of nitro groups is 1. The third-order valence-corrected chi connectivity index (χ3v) is 6.24. The Labute approximate surface area is 163 Å². The average Bonchev–Trinajstić information content (AvgIpc) is 2.96. The third-order valence-electron chi connectivity index (χ3n) is 4.49. The van der Waals surface area contributed by atoms with Crippen molar-refractivity contribution in [3.63, 3.8) is 0 Å². The molecule has 0 aromatic heterocycles. The smallest absolute Gasteiger partial charge is 0.338 e. The van der Waals surface area contributed by atoms with Crippen LogP contribution >= 0.6 is 0 Å². The molecule has 1 atom stereocenters. The lowest BCUT2D eigenvalue weighted by molar-refractivity contribution is -0.385. The molecule has 0 saturated carbocycles. The molecule has 0 radical (unpaired) electrons. The van der Waals surface area contributed by atoms with Gasteiger partial charge >= 0.3 is 5.97 Å². The molecule has 0 aliphatic carbocycles. The molecule has 2 rings (SSSR count). The van der Waals surface area contributed by atoms with Crippen molar-refractivity contribution >= 4 is 27.4 Å². The van der Waals surface area contributed by atoms with Gasteiger partial charge in [-0.3, -0.25) is 14.9 Å². The maximum atomic E-state index is 12.6. The van der Waals surface area contributed by atoms with Crippen molar-refractivity contribution in [1.29, 1.82) is 0 Å². The van der Waals surface area contributed by atoms with Gasteiger partial charge in [0.1, 0.15) is 0 Å². The predicted octanol–water partition coefficient (Wildman–Crippen LogP) is 1.73. The van der Waals surface area contributed by atoms with Crippen LogP contribution in [0.5, 0.6) is 0 Å². The van der Waals surface area contributed by atoms with Crippen LogP contribution in [0.15, 0.2) is 18.2 Å². The first-order valence-corrected chi connectivity index (χ1v) is 10.7. The summed E-state index contributed by atoms with van der Waals surface area (Å²) in [4.78, 5) is 36.6. The molecule has 10 heteroatoms. The Balaban J connectivity index is 2.04. The fraction of sp³-hybridized carbons (Fsp3) is 0.556. The Hall–Kier alpha value is -2.49. The lowest BCUT2D eigenvalue weighted by Gasteiger charge is -2.29. The van der Waals surface area contributed by atoms with Gasteiger partial charge in [-0.15, -0.1) is 0 Å². The fourth-order valence-electron chi connectivity index (χ4n) is 3.15. The monoisotopic (exact) mass is 412 g/mol. The molecule has 0 spiro atoms. The highest BCUT2D eigenvalue weighted by molar-refractivity contribution is 7.91. The number of hydrogen-bond acceptors (Lipinski definition) is 7. The van der Waals surface area contributed by atoms with Crippen LogP contribution in [0.3, 0.4) is 0 Å². The van der Waals surface area contributed by atoms with Gasteiger partial charge in [0.15, 0.2) is 16.4 Å². The normalized spacial score (nSPS) is 18.1. The number of nitro benzene ring substituents is 1. The van der Waals surface area contributed by atoms with E-state index < -0.39 is 39.3 Å². The third kappa shape index (κ3) is 5.51. The van der Waals surface area contributed by atoms with Gasteiger partial charge in [0.2, 0.25) is 0 Å². The maximum Gasteiger partial charge on any atom is 0.338 e. The maximum absolute atomic E-state index is 12.6. The number of carbonyl (C=O) groups excluding carboxylic acids is 2. The van der Waals surface area contributed by atoms with E-state index >= 15 is 0 Å². The van der Waals surface area contributed by atoms with Crippen molar-refractivity contribution in [3.05, 3.63) is 39.4 Å². The Kier molecular flexibility index (Phi) is 6.76. The second-order valence-electron chi connectivity index (χ2n) is 7.33. The number of esters is 1. The molecule has 1 aromatic carbocycles. The van der Waals surface area contributed by atoms with E-state index in [0.717, 1.165) is 0 Å².